The van der Waals surface area contributed by atoms with E-state index in [0.717, 1.165) is 23.5 Å². The molecule has 1 amide bonds. The Bertz CT molecular complexity index is 1120. The fraction of sp³-hybridized carbons (Fsp3) is 0.400. The molecular weight excluding hydrogens is 459 g/mol. The van der Waals surface area contributed by atoms with E-state index in [1.807, 2.05) is 29.9 Å². The van der Waals surface area contributed by atoms with E-state index in [9.17, 15) is 18.0 Å². The van der Waals surface area contributed by atoms with Gasteiger partial charge in [-0.3, -0.25) is 14.7 Å². The van der Waals surface area contributed by atoms with Gasteiger partial charge < -0.3 is 14.6 Å². The third-order valence-electron chi connectivity index (χ3n) is 6.11. The van der Waals surface area contributed by atoms with E-state index in [1.54, 1.807) is 18.6 Å². The largest absolute Gasteiger partial charge is 0.493 e. The van der Waals surface area contributed by atoms with Crippen LogP contribution in [0.2, 0.25) is 0 Å². The predicted molar refractivity (Wildman–Crippen MR) is 123 cm³/mol. The van der Waals surface area contributed by atoms with Crippen LogP contribution in [-0.4, -0.2) is 45.0 Å². The van der Waals surface area contributed by atoms with E-state index in [-0.39, 0.29) is 30.1 Å². The molecule has 4 rings (SSSR count). The molecule has 0 radical (unpaired) electrons. The van der Waals surface area contributed by atoms with Crippen LogP contribution in [0.4, 0.5) is 13.2 Å². The van der Waals surface area contributed by atoms with Crippen molar-refractivity contribution in [3.05, 3.63) is 78.1 Å². The molecule has 1 aromatic carbocycles. The number of rotatable bonds is 8. The van der Waals surface area contributed by atoms with Gasteiger partial charge in [0.05, 0.1) is 24.6 Å². The maximum Gasteiger partial charge on any atom is 0.416 e. The number of ether oxygens (including phenoxy) is 1. The van der Waals surface area contributed by atoms with Crippen LogP contribution in [0.1, 0.15) is 23.4 Å². The van der Waals surface area contributed by atoms with Gasteiger partial charge in [-0.15, -0.1) is 0 Å². The lowest BCUT2D eigenvalue weighted by atomic mass is 9.88. The topological polar surface area (TPSA) is 72.3 Å². The Labute approximate surface area is 201 Å². The Morgan fingerprint density at radius 3 is 2.77 bits per heavy atom. The molecule has 1 aliphatic rings. The average molecular weight is 488 g/mol. The van der Waals surface area contributed by atoms with Gasteiger partial charge in [0, 0.05) is 57.4 Å². The monoisotopic (exact) mass is 487 g/mol. The molecule has 0 saturated carbocycles. The van der Waals surface area contributed by atoms with Gasteiger partial charge in [-0.2, -0.15) is 13.2 Å². The van der Waals surface area contributed by atoms with Gasteiger partial charge in [-0.25, -0.2) is 4.98 Å². The smallest absolute Gasteiger partial charge is 0.416 e. The number of carbonyl (C=O) groups excluding carboxylic acids is 1. The number of amides is 1. The highest BCUT2D eigenvalue weighted by atomic mass is 19.4. The van der Waals surface area contributed by atoms with E-state index in [1.165, 1.54) is 12.1 Å². The summed E-state index contributed by atoms with van der Waals surface area (Å²) < 4.78 is 46.8. The molecule has 7 nitrogen and oxygen atoms in total. The van der Waals surface area contributed by atoms with Gasteiger partial charge in [0.1, 0.15) is 11.6 Å². The van der Waals surface area contributed by atoms with E-state index in [0.29, 0.717) is 32.6 Å². The fourth-order valence-electron chi connectivity index (χ4n) is 4.30. The van der Waals surface area contributed by atoms with Crippen molar-refractivity contribution in [1.82, 2.24) is 24.8 Å². The molecule has 0 aliphatic carbocycles. The average Bonchev–Trinajstić information content (AvgIpc) is 3.25. The molecule has 3 heterocycles. The van der Waals surface area contributed by atoms with E-state index < -0.39 is 11.7 Å². The summed E-state index contributed by atoms with van der Waals surface area (Å²) in [7, 11) is 1.92. The summed E-state index contributed by atoms with van der Waals surface area (Å²) in [6.07, 6.45) is 3.13. The molecule has 186 valence electrons. The number of aryl methyl sites for hydroxylation is 1. The maximum atomic E-state index is 13.0. The summed E-state index contributed by atoms with van der Waals surface area (Å²) >= 11 is 0. The summed E-state index contributed by atoms with van der Waals surface area (Å²) in [4.78, 5) is 23.6. The first-order chi connectivity index (χ1) is 16.8. The Morgan fingerprint density at radius 2 is 2.06 bits per heavy atom. The van der Waals surface area contributed by atoms with Crippen molar-refractivity contribution < 1.29 is 22.7 Å². The Hall–Kier alpha value is -3.40. The number of benzene rings is 1. The molecular formula is C25H28F3N5O2. The van der Waals surface area contributed by atoms with Crippen LogP contribution in [0.15, 0.2) is 61.2 Å². The van der Waals surface area contributed by atoms with Crippen LogP contribution in [0.5, 0.6) is 5.75 Å². The van der Waals surface area contributed by atoms with E-state index >= 15 is 0 Å². The minimum Gasteiger partial charge on any atom is -0.493 e. The number of aromatic nitrogens is 3. The molecule has 2 aromatic heterocycles. The van der Waals surface area contributed by atoms with Crippen LogP contribution >= 0.6 is 0 Å². The van der Waals surface area contributed by atoms with Gasteiger partial charge in [0.2, 0.25) is 5.91 Å². The molecule has 1 fully saturated rings. The number of nitrogens with zero attached hydrogens (tertiary/aromatic N) is 4. The van der Waals surface area contributed by atoms with Gasteiger partial charge >= 0.3 is 6.18 Å². The number of hydrogen-bond acceptors (Lipinski definition) is 5. The molecule has 0 unspecified atom stereocenters. The zero-order valence-electron chi connectivity index (χ0n) is 19.4. The van der Waals surface area contributed by atoms with Crippen molar-refractivity contribution in [1.29, 1.82) is 0 Å². The van der Waals surface area contributed by atoms with E-state index in [4.69, 9.17) is 4.74 Å². The first-order valence-electron chi connectivity index (χ1n) is 11.4. The standard InChI is InChI=1S/C25H28F3N5O2/c1-32-9-8-30-23(32)16-33-14-19(17-35-22-6-2-5-21(11-22)25(26,27)28)10-20(15-33)24(34)31-13-18-4-3-7-29-12-18/h2-9,11-12,19-20H,10,13-17H2,1H3,(H,31,34)/t19-,20+/m0/s1. The Balaban J connectivity index is 1.42. The normalized spacial score (nSPS) is 18.9. The quantitative estimate of drug-likeness (QED) is 0.525. The molecule has 1 aliphatic heterocycles. The molecule has 3 aromatic rings. The van der Waals surface area contributed by atoms with E-state index in [2.05, 4.69) is 20.2 Å². The summed E-state index contributed by atoms with van der Waals surface area (Å²) in [6.45, 7) is 2.37. The first kappa shape index (κ1) is 24.7. The maximum absolute atomic E-state index is 13.0. The SMILES string of the molecule is Cn1ccnc1CN1C[C@@H](COc2cccc(C(F)(F)F)c2)C[C@@H](C(=O)NCc2cccnc2)C1. The van der Waals surface area contributed by atoms with Gasteiger partial charge in [-0.05, 0) is 36.2 Å². The molecule has 2 atom stereocenters. The molecule has 0 bridgehead atoms. The second-order valence-corrected chi connectivity index (χ2v) is 8.86. The minimum atomic E-state index is -4.43. The second-order valence-electron chi connectivity index (χ2n) is 8.86. The fourth-order valence-corrected chi connectivity index (χ4v) is 4.30. The predicted octanol–water partition coefficient (Wildman–Crippen LogP) is 3.67. The Morgan fingerprint density at radius 1 is 1.20 bits per heavy atom. The number of nitrogens with one attached hydrogen (secondary N) is 1. The molecule has 1 saturated heterocycles. The number of hydrogen-bond donors (Lipinski definition) is 1. The number of likely N-dealkylation sites (tertiary alicyclic amines) is 1. The molecule has 10 heteroatoms. The van der Waals surface area contributed by atoms with Crippen LogP contribution in [0, 0.1) is 11.8 Å². The number of carbonyl (C=O) groups is 1. The Kier molecular flexibility index (Phi) is 7.70. The van der Waals surface area contributed by atoms with Crippen LogP contribution in [0.3, 0.4) is 0 Å². The minimum absolute atomic E-state index is 0.0345. The lowest BCUT2D eigenvalue weighted by molar-refractivity contribution is -0.137. The third-order valence-corrected chi connectivity index (χ3v) is 6.11. The van der Waals surface area contributed by atoms with Crippen molar-refractivity contribution in [2.24, 2.45) is 18.9 Å². The second kappa shape index (κ2) is 10.9. The van der Waals surface area contributed by atoms with Gasteiger partial charge in [-0.1, -0.05) is 12.1 Å². The van der Waals surface area contributed by atoms with Crippen molar-refractivity contribution in [3.8, 4) is 5.75 Å². The number of imidazole rings is 1. The highest BCUT2D eigenvalue weighted by molar-refractivity contribution is 5.79. The molecule has 35 heavy (non-hydrogen) atoms. The summed E-state index contributed by atoms with van der Waals surface area (Å²) in [5, 5.41) is 2.99. The number of halogens is 3. The van der Waals surface area contributed by atoms with Crippen LogP contribution < -0.4 is 10.1 Å². The summed E-state index contributed by atoms with van der Waals surface area (Å²) in [6, 6.07) is 8.59. The highest BCUT2D eigenvalue weighted by Crippen LogP contribution is 2.32. The van der Waals surface area contributed by atoms with Crippen LogP contribution in [-0.2, 0) is 31.1 Å². The zero-order valence-corrected chi connectivity index (χ0v) is 19.4. The molecule has 1 N–H and O–H groups in total. The lowest BCUT2D eigenvalue weighted by Crippen LogP contribution is -2.47. The summed E-state index contributed by atoms with van der Waals surface area (Å²) in [5.74, 6) is 0.656. The first-order valence-corrected chi connectivity index (χ1v) is 11.4. The number of alkyl halides is 3. The van der Waals surface area contributed by atoms with Gasteiger partial charge in [0.15, 0.2) is 0 Å². The van der Waals surface area contributed by atoms with Crippen molar-refractivity contribution in [2.75, 3.05) is 19.7 Å². The van der Waals surface area contributed by atoms with Crippen LogP contribution in [0.25, 0.3) is 0 Å². The lowest BCUT2D eigenvalue weighted by Gasteiger charge is -2.37. The number of pyridine rings is 1. The zero-order chi connectivity index (χ0) is 24.8. The van der Waals surface area contributed by atoms with Crippen molar-refractivity contribution >= 4 is 5.91 Å². The highest BCUT2D eigenvalue weighted by Gasteiger charge is 2.33. The van der Waals surface area contributed by atoms with Crippen molar-refractivity contribution in [3.63, 3.8) is 0 Å². The molecule has 0 spiro atoms. The van der Waals surface area contributed by atoms with Crippen molar-refractivity contribution in [2.45, 2.75) is 25.7 Å². The third kappa shape index (κ3) is 6.82. The summed E-state index contributed by atoms with van der Waals surface area (Å²) in [5.41, 5.74) is 0.161. The number of piperidine rings is 1. The van der Waals surface area contributed by atoms with Gasteiger partial charge in [0.25, 0.3) is 0 Å².